The SMILES string of the molecule is O=C(c1cc2ccc(F)cc2s1)c1c(F)ccc(Br)c1F. The van der Waals surface area contributed by atoms with Gasteiger partial charge in [0.1, 0.15) is 11.6 Å². The van der Waals surface area contributed by atoms with Crippen LogP contribution in [0.5, 0.6) is 0 Å². The molecule has 0 amide bonds. The summed E-state index contributed by atoms with van der Waals surface area (Å²) in [5.74, 6) is -3.05. The maximum Gasteiger partial charge on any atom is 0.208 e. The molecule has 6 heteroatoms. The van der Waals surface area contributed by atoms with Crippen LogP contribution in [0.1, 0.15) is 15.2 Å². The summed E-state index contributed by atoms with van der Waals surface area (Å²) in [4.78, 5) is 12.5. The van der Waals surface area contributed by atoms with E-state index in [1.54, 1.807) is 0 Å². The Morgan fingerprint density at radius 1 is 1.05 bits per heavy atom. The summed E-state index contributed by atoms with van der Waals surface area (Å²) in [6.45, 7) is 0. The highest BCUT2D eigenvalue weighted by Gasteiger charge is 2.22. The topological polar surface area (TPSA) is 17.1 Å². The molecule has 0 aliphatic rings. The van der Waals surface area contributed by atoms with Gasteiger partial charge in [-0.1, -0.05) is 6.07 Å². The fraction of sp³-hybridized carbons (Fsp3) is 0. The van der Waals surface area contributed by atoms with Gasteiger partial charge < -0.3 is 0 Å². The molecule has 0 aliphatic carbocycles. The van der Waals surface area contributed by atoms with Crippen LogP contribution in [0.15, 0.2) is 40.9 Å². The highest BCUT2D eigenvalue weighted by Crippen LogP contribution is 2.30. The first-order valence-corrected chi connectivity index (χ1v) is 7.45. The van der Waals surface area contributed by atoms with E-state index >= 15 is 0 Å². The van der Waals surface area contributed by atoms with Gasteiger partial charge in [0.2, 0.25) is 5.78 Å². The van der Waals surface area contributed by atoms with Gasteiger partial charge in [-0.15, -0.1) is 11.3 Å². The molecule has 0 saturated heterocycles. The Labute approximate surface area is 130 Å². The van der Waals surface area contributed by atoms with E-state index in [-0.39, 0.29) is 9.35 Å². The van der Waals surface area contributed by atoms with Gasteiger partial charge in [-0.3, -0.25) is 4.79 Å². The maximum atomic E-state index is 14.0. The zero-order chi connectivity index (χ0) is 15.1. The smallest absolute Gasteiger partial charge is 0.208 e. The Bertz CT molecular complexity index is 873. The van der Waals surface area contributed by atoms with Crippen molar-refractivity contribution in [2.24, 2.45) is 0 Å². The second-order valence-electron chi connectivity index (χ2n) is 4.34. The Balaban J connectivity index is 2.15. The summed E-state index contributed by atoms with van der Waals surface area (Å²) in [6.07, 6.45) is 0. The van der Waals surface area contributed by atoms with E-state index in [0.717, 1.165) is 17.4 Å². The number of halogens is 4. The lowest BCUT2D eigenvalue weighted by Gasteiger charge is -2.03. The highest BCUT2D eigenvalue weighted by molar-refractivity contribution is 9.10. The van der Waals surface area contributed by atoms with Gasteiger partial charge in [0.25, 0.3) is 0 Å². The third-order valence-electron chi connectivity index (χ3n) is 2.98. The lowest BCUT2D eigenvalue weighted by molar-refractivity contribution is 0.103. The summed E-state index contributed by atoms with van der Waals surface area (Å²) < 4.78 is 41.4. The van der Waals surface area contributed by atoms with E-state index in [1.165, 1.54) is 30.3 Å². The fourth-order valence-electron chi connectivity index (χ4n) is 1.98. The first kappa shape index (κ1) is 14.3. The van der Waals surface area contributed by atoms with Crippen molar-refractivity contribution < 1.29 is 18.0 Å². The van der Waals surface area contributed by atoms with E-state index in [9.17, 15) is 18.0 Å². The summed E-state index contributed by atoms with van der Waals surface area (Å²) in [7, 11) is 0. The number of hydrogen-bond acceptors (Lipinski definition) is 2. The third kappa shape index (κ3) is 2.49. The molecular formula is C15H6BrF3OS. The number of hydrogen-bond donors (Lipinski definition) is 0. The highest BCUT2D eigenvalue weighted by atomic mass is 79.9. The normalized spacial score (nSPS) is 11.0. The number of carbonyl (C=O) groups excluding carboxylic acids is 1. The van der Waals surface area contributed by atoms with Crippen molar-refractivity contribution in [3.05, 3.63) is 68.8 Å². The Morgan fingerprint density at radius 3 is 2.57 bits per heavy atom. The lowest BCUT2D eigenvalue weighted by Crippen LogP contribution is -2.06. The molecule has 0 radical (unpaired) electrons. The van der Waals surface area contributed by atoms with Crippen molar-refractivity contribution in [2.75, 3.05) is 0 Å². The number of benzene rings is 2. The van der Waals surface area contributed by atoms with Gasteiger partial charge in [0.15, 0.2) is 5.82 Å². The molecule has 2 aromatic carbocycles. The number of fused-ring (bicyclic) bond motifs is 1. The molecule has 0 spiro atoms. The zero-order valence-electron chi connectivity index (χ0n) is 10.3. The van der Waals surface area contributed by atoms with Crippen LogP contribution < -0.4 is 0 Å². The van der Waals surface area contributed by atoms with Crippen molar-refractivity contribution in [3.8, 4) is 0 Å². The fourth-order valence-corrected chi connectivity index (χ4v) is 3.34. The molecule has 0 aliphatic heterocycles. The largest absolute Gasteiger partial charge is 0.287 e. The molecule has 1 nitrogen and oxygen atoms in total. The number of carbonyl (C=O) groups is 1. The van der Waals surface area contributed by atoms with Crippen molar-refractivity contribution in [2.45, 2.75) is 0 Å². The summed E-state index contributed by atoms with van der Waals surface area (Å²) in [5.41, 5.74) is -0.614. The molecule has 3 rings (SSSR count). The third-order valence-corrected chi connectivity index (χ3v) is 4.69. The van der Waals surface area contributed by atoms with Gasteiger partial charge in [-0.05, 0) is 51.6 Å². The van der Waals surface area contributed by atoms with Crippen LogP contribution in [0.4, 0.5) is 13.2 Å². The quantitative estimate of drug-likeness (QED) is 0.441. The number of ketones is 1. The Kier molecular flexibility index (Phi) is 3.59. The average Bonchev–Trinajstić information content (AvgIpc) is 2.86. The first-order valence-electron chi connectivity index (χ1n) is 5.84. The molecule has 0 bridgehead atoms. The zero-order valence-corrected chi connectivity index (χ0v) is 12.7. The number of rotatable bonds is 2. The summed E-state index contributed by atoms with van der Waals surface area (Å²) in [5, 5.41) is 0.653. The van der Waals surface area contributed by atoms with Gasteiger partial charge >= 0.3 is 0 Å². The van der Waals surface area contributed by atoms with Crippen molar-refractivity contribution in [3.63, 3.8) is 0 Å². The van der Waals surface area contributed by atoms with E-state index in [0.29, 0.717) is 10.1 Å². The van der Waals surface area contributed by atoms with Crippen LogP contribution in [-0.4, -0.2) is 5.78 Å². The molecule has 0 N–H and O–H groups in total. The van der Waals surface area contributed by atoms with Crippen LogP contribution in [0.25, 0.3) is 10.1 Å². The average molecular weight is 371 g/mol. The van der Waals surface area contributed by atoms with Crippen LogP contribution >= 0.6 is 27.3 Å². The van der Waals surface area contributed by atoms with Crippen LogP contribution in [0, 0.1) is 17.5 Å². The van der Waals surface area contributed by atoms with E-state index in [2.05, 4.69) is 15.9 Å². The lowest BCUT2D eigenvalue weighted by atomic mass is 10.1. The second kappa shape index (κ2) is 5.27. The van der Waals surface area contributed by atoms with E-state index in [1.807, 2.05) is 0 Å². The Hall–Kier alpha value is -1.66. The second-order valence-corrected chi connectivity index (χ2v) is 6.28. The predicted molar refractivity (Wildman–Crippen MR) is 79.3 cm³/mol. The molecule has 1 heterocycles. The first-order chi connectivity index (χ1) is 9.97. The number of thiophene rings is 1. The molecule has 3 aromatic rings. The molecule has 21 heavy (non-hydrogen) atoms. The molecule has 0 unspecified atom stereocenters. The van der Waals surface area contributed by atoms with Crippen LogP contribution in [-0.2, 0) is 0 Å². The minimum absolute atomic E-state index is 0.0133. The van der Waals surface area contributed by atoms with Crippen LogP contribution in [0.3, 0.4) is 0 Å². The van der Waals surface area contributed by atoms with Gasteiger partial charge in [0.05, 0.1) is 14.9 Å². The van der Waals surface area contributed by atoms with E-state index < -0.39 is 28.8 Å². The standard InChI is InChI=1S/C15H6BrF3OS/c16-9-3-4-10(18)13(14(9)19)15(20)12-5-7-1-2-8(17)6-11(7)21-12/h1-6H. The molecular weight excluding hydrogens is 365 g/mol. The monoisotopic (exact) mass is 370 g/mol. The molecule has 0 saturated carbocycles. The van der Waals surface area contributed by atoms with E-state index in [4.69, 9.17) is 0 Å². The van der Waals surface area contributed by atoms with Crippen molar-refractivity contribution >= 4 is 43.1 Å². The predicted octanol–water partition coefficient (Wildman–Crippen LogP) is 5.31. The van der Waals surface area contributed by atoms with Crippen molar-refractivity contribution in [1.29, 1.82) is 0 Å². The molecule has 0 fully saturated rings. The Morgan fingerprint density at radius 2 is 1.81 bits per heavy atom. The van der Waals surface area contributed by atoms with Gasteiger partial charge in [-0.2, -0.15) is 0 Å². The molecule has 106 valence electrons. The molecule has 0 atom stereocenters. The minimum atomic E-state index is -0.941. The maximum absolute atomic E-state index is 14.0. The van der Waals surface area contributed by atoms with Crippen molar-refractivity contribution in [1.82, 2.24) is 0 Å². The van der Waals surface area contributed by atoms with Gasteiger partial charge in [-0.25, -0.2) is 13.2 Å². The summed E-state index contributed by atoms with van der Waals surface area (Å²) in [6, 6.07) is 7.79. The van der Waals surface area contributed by atoms with Gasteiger partial charge in [0, 0.05) is 4.70 Å². The minimum Gasteiger partial charge on any atom is -0.287 e. The van der Waals surface area contributed by atoms with Crippen LogP contribution in [0.2, 0.25) is 0 Å². The molecule has 1 aromatic heterocycles. The summed E-state index contributed by atoms with van der Waals surface area (Å²) >= 11 is 3.92.